The van der Waals surface area contributed by atoms with Crippen LogP contribution in [0.1, 0.15) is 37.7 Å². The molecule has 1 amide bonds. The minimum atomic E-state index is -0.0751. The van der Waals surface area contributed by atoms with E-state index in [1.807, 2.05) is 24.3 Å². The molecule has 0 aromatic heterocycles. The van der Waals surface area contributed by atoms with Crippen LogP contribution >= 0.6 is 0 Å². The van der Waals surface area contributed by atoms with Crippen LogP contribution < -0.4 is 15.4 Å². The van der Waals surface area contributed by atoms with Crippen molar-refractivity contribution in [3.05, 3.63) is 29.8 Å². The number of fused-ring (bicyclic) bond motifs is 1. The van der Waals surface area contributed by atoms with Crippen LogP contribution in [0.4, 0.5) is 0 Å². The molecule has 21 heavy (non-hydrogen) atoms. The number of piperidine rings is 1. The van der Waals surface area contributed by atoms with Crippen LogP contribution in [0.2, 0.25) is 0 Å². The van der Waals surface area contributed by atoms with Crippen LogP contribution in [-0.4, -0.2) is 31.6 Å². The van der Waals surface area contributed by atoms with E-state index in [2.05, 4.69) is 17.6 Å². The fourth-order valence-corrected chi connectivity index (χ4v) is 3.34. The number of hydrogen-bond donors (Lipinski definition) is 2. The predicted octanol–water partition coefficient (Wildman–Crippen LogP) is 2.06. The van der Waals surface area contributed by atoms with Gasteiger partial charge in [0.25, 0.3) is 0 Å². The monoisotopic (exact) mass is 288 g/mol. The van der Waals surface area contributed by atoms with Gasteiger partial charge in [-0.25, -0.2) is 0 Å². The smallest absolute Gasteiger partial charge is 0.227 e. The minimum absolute atomic E-state index is 0.0751. The minimum Gasteiger partial charge on any atom is -0.493 e. The molecule has 1 saturated heterocycles. The van der Waals surface area contributed by atoms with Gasteiger partial charge in [-0.05, 0) is 37.8 Å². The van der Waals surface area contributed by atoms with Crippen LogP contribution in [0.25, 0.3) is 0 Å². The summed E-state index contributed by atoms with van der Waals surface area (Å²) in [6, 6.07) is 8.27. The van der Waals surface area contributed by atoms with E-state index in [1.165, 1.54) is 12.8 Å². The van der Waals surface area contributed by atoms with Crippen molar-refractivity contribution in [2.24, 2.45) is 5.92 Å². The van der Waals surface area contributed by atoms with Gasteiger partial charge in [0.15, 0.2) is 0 Å². The van der Waals surface area contributed by atoms with Gasteiger partial charge in [-0.1, -0.05) is 25.1 Å². The fraction of sp³-hybridized carbons (Fsp3) is 0.588. The van der Waals surface area contributed by atoms with Crippen LogP contribution in [0.15, 0.2) is 24.3 Å². The molecule has 0 radical (unpaired) electrons. The maximum atomic E-state index is 12.5. The molecule has 0 spiro atoms. The SMILES string of the molecule is CC1CCCNC1CNC(=O)C1CCOc2ccccc21. The average Bonchev–Trinajstić information content (AvgIpc) is 2.53. The standard InChI is InChI=1S/C17H24N2O2/c1-12-5-4-9-18-15(12)11-19-17(20)14-8-10-21-16-7-3-2-6-13(14)16/h2-3,6-7,12,14-15,18H,4-5,8-11H2,1H3,(H,19,20). The Balaban J connectivity index is 1.61. The van der Waals surface area contributed by atoms with Crippen molar-refractivity contribution < 1.29 is 9.53 Å². The number of nitrogens with one attached hydrogen (secondary N) is 2. The first-order chi connectivity index (χ1) is 10.3. The Hall–Kier alpha value is -1.55. The van der Waals surface area contributed by atoms with Gasteiger partial charge in [-0.3, -0.25) is 4.79 Å². The number of hydrogen-bond acceptors (Lipinski definition) is 3. The lowest BCUT2D eigenvalue weighted by Gasteiger charge is -2.31. The third kappa shape index (κ3) is 3.21. The Kier molecular flexibility index (Phi) is 4.44. The molecule has 3 rings (SSSR count). The molecule has 1 aromatic rings. The summed E-state index contributed by atoms with van der Waals surface area (Å²) in [6.45, 7) is 4.66. The first-order valence-electron chi connectivity index (χ1n) is 7.98. The van der Waals surface area contributed by atoms with E-state index in [4.69, 9.17) is 4.74 Å². The number of rotatable bonds is 3. The number of para-hydroxylation sites is 1. The topological polar surface area (TPSA) is 50.4 Å². The summed E-state index contributed by atoms with van der Waals surface area (Å²) in [5.41, 5.74) is 1.02. The van der Waals surface area contributed by atoms with Crippen LogP contribution in [0.3, 0.4) is 0 Å². The maximum Gasteiger partial charge on any atom is 0.227 e. The van der Waals surface area contributed by atoms with Crippen molar-refractivity contribution >= 4 is 5.91 Å². The molecule has 0 saturated carbocycles. The van der Waals surface area contributed by atoms with E-state index >= 15 is 0 Å². The summed E-state index contributed by atoms with van der Waals surface area (Å²) in [4.78, 5) is 12.5. The number of amides is 1. The number of carbonyl (C=O) groups is 1. The van der Waals surface area contributed by atoms with Crippen molar-refractivity contribution in [3.63, 3.8) is 0 Å². The van der Waals surface area contributed by atoms with Gasteiger partial charge in [0.05, 0.1) is 12.5 Å². The molecule has 2 heterocycles. The summed E-state index contributed by atoms with van der Waals surface area (Å²) in [5, 5.41) is 6.64. The number of carbonyl (C=O) groups excluding carboxylic acids is 1. The van der Waals surface area contributed by atoms with Crippen molar-refractivity contribution in [3.8, 4) is 5.75 Å². The average molecular weight is 288 g/mol. The Morgan fingerprint density at radius 3 is 3.10 bits per heavy atom. The normalized spacial score (nSPS) is 28.3. The molecule has 0 bridgehead atoms. The van der Waals surface area contributed by atoms with Gasteiger partial charge < -0.3 is 15.4 Å². The first kappa shape index (κ1) is 14.4. The second kappa shape index (κ2) is 6.48. The van der Waals surface area contributed by atoms with E-state index < -0.39 is 0 Å². The van der Waals surface area contributed by atoms with Gasteiger partial charge in [-0.2, -0.15) is 0 Å². The Morgan fingerprint density at radius 1 is 1.38 bits per heavy atom. The molecule has 4 nitrogen and oxygen atoms in total. The zero-order valence-corrected chi connectivity index (χ0v) is 12.6. The van der Waals surface area contributed by atoms with E-state index in [0.717, 1.165) is 30.8 Å². The lowest BCUT2D eigenvalue weighted by atomic mass is 9.91. The largest absolute Gasteiger partial charge is 0.493 e. The van der Waals surface area contributed by atoms with E-state index in [0.29, 0.717) is 18.6 Å². The molecule has 2 N–H and O–H groups in total. The highest BCUT2D eigenvalue weighted by molar-refractivity contribution is 5.84. The highest BCUT2D eigenvalue weighted by Gasteiger charge is 2.28. The second-order valence-corrected chi connectivity index (χ2v) is 6.15. The number of benzene rings is 1. The summed E-state index contributed by atoms with van der Waals surface area (Å²) < 4.78 is 5.62. The quantitative estimate of drug-likeness (QED) is 0.895. The van der Waals surface area contributed by atoms with Gasteiger partial charge in [0, 0.05) is 18.2 Å². The van der Waals surface area contributed by atoms with Gasteiger partial charge in [0.2, 0.25) is 5.91 Å². The zero-order chi connectivity index (χ0) is 14.7. The van der Waals surface area contributed by atoms with Crippen molar-refractivity contribution in [2.75, 3.05) is 19.7 Å². The summed E-state index contributed by atoms with van der Waals surface area (Å²) in [6.07, 6.45) is 3.24. The Bertz CT molecular complexity index is 503. The Labute approximate surface area is 126 Å². The van der Waals surface area contributed by atoms with E-state index in [1.54, 1.807) is 0 Å². The summed E-state index contributed by atoms with van der Waals surface area (Å²) in [7, 11) is 0. The molecule has 3 unspecified atom stereocenters. The molecule has 2 aliphatic rings. The number of ether oxygens (including phenoxy) is 1. The predicted molar refractivity (Wildman–Crippen MR) is 82.5 cm³/mol. The highest BCUT2D eigenvalue weighted by atomic mass is 16.5. The molecular formula is C17H24N2O2. The fourth-order valence-electron chi connectivity index (χ4n) is 3.34. The molecule has 0 aliphatic carbocycles. The van der Waals surface area contributed by atoms with E-state index in [9.17, 15) is 4.79 Å². The van der Waals surface area contributed by atoms with E-state index in [-0.39, 0.29) is 11.8 Å². The highest BCUT2D eigenvalue weighted by Crippen LogP contribution is 2.33. The molecule has 2 aliphatic heterocycles. The Morgan fingerprint density at radius 2 is 2.24 bits per heavy atom. The third-order valence-electron chi connectivity index (χ3n) is 4.70. The molecular weight excluding hydrogens is 264 g/mol. The first-order valence-corrected chi connectivity index (χ1v) is 7.98. The van der Waals surface area contributed by atoms with Gasteiger partial charge >= 0.3 is 0 Å². The lowest BCUT2D eigenvalue weighted by Crippen LogP contribution is -2.48. The molecule has 4 heteroatoms. The van der Waals surface area contributed by atoms with Gasteiger partial charge in [-0.15, -0.1) is 0 Å². The van der Waals surface area contributed by atoms with Gasteiger partial charge in [0.1, 0.15) is 5.75 Å². The molecule has 114 valence electrons. The molecule has 1 fully saturated rings. The summed E-state index contributed by atoms with van der Waals surface area (Å²) in [5.74, 6) is 1.54. The van der Waals surface area contributed by atoms with Crippen molar-refractivity contribution in [1.29, 1.82) is 0 Å². The lowest BCUT2D eigenvalue weighted by molar-refractivity contribution is -0.123. The zero-order valence-electron chi connectivity index (χ0n) is 12.6. The summed E-state index contributed by atoms with van der Waals surface area (Å²) >= 11 is 0. The van der Waals surface area contributed by atoms with Crippen molar-refractivity contribution in [1.82, 2.24) is 10.6 Å². The second-order valence-electron chi connectivity index (χ2n) is 6.15. The third-order valence-corrected chi connectivity index (χ3v) is 4.70. The maximum absolute atomic E-state index is 12.5. The molecule has 1 aromatic carbocycles. The van der Waals surface area contributed by atoms with Crippen LogP contribution in [0.5, 0.6) is 5.75 Å². The molecule has 3 atom stereocenters. The van der Waals surface area contributed by atoms with Crippen LogP contribution in [0, 0.1) is 5.92 Å². The van der Waals surface area contributed by atoms with Crippen molar-refractivity contribution in [2.45, 2.75) is 38.1 Å². The van der Waals surface area contributed by atoms with Crippen LogP contribution in [-0.2, 0) is 4.79 Å².